The van der Waals surface area contributed by atoms with E-state index in [2.05, 4.69) is 16.5 Å². The number of aromatic nitrogens is 2. The van der Waals surface area contributed by atoms with Gasteiger partial charge in [-0.05, 0) is 36.3 Å². The standard InChI is InChI=1S/C15H16N2O2/c1-3-14-16-8-9-17(14)13-6-4-12(10-11(13)2)5-7-15(18)19/h4-10H,3H2,1-2H3,(H,18,19)/b7-5+. The van der Waals surface area contributed by atoms with E-state index in [1.165, 1.54) is 0 Å². The van der Waals surface area contributed by atoms with Gasteiger partial charge in [-0.15, -0.1) is 0 Å². The first-order chi connectivity index (χ1) is 9.11. The molecule has 0 saturated carbocycles. The normalized spacial score (nSPS) is 11.1. The number of benzene rings is 1. The van der Waals surface area contributed by atoms with Gasteiger partial charge in [0.15, 0.2) is 0 Å². The molecule has 0 amide bonds. The summed E-state index contributed by atoms with van der Waals surface area (Å²) in [4.78, 5) is 14.8. The zero-order valence-electron chi connectivity index (χ0n) is 11.0. The van der Waals surface area contributed by atoms with E-state index in [1.54, 1.807) is 12.3 Å². The van der Waals surface area contributed by atoms with Crippen molar-refractivity contribution in [3.8, 4) is 5.69 Å². The summed E-state index contributed by atoms with van der Waals surface area (Å²) < 4.78 is 2.06. The van der Waals surface area contributed by atoms with E-state index in [-0.39, 0.29) is 0 Å². The Morgan fingerprint density at radius 2 is 2.26 bits per heavy atom. The maximum Gasteiger partial charge on any atom is 0.328 e. The SMILES string of the molecule is CCc1nccn1-c1ccc(/C=C/C(=O)O)cc1C. The summed E-state index contributed by atoms with van der Waals surface area (Å²) >= 11 is 0. The molecular formula is C15H16N2O2. The Bertz CT molecular complexity index is 627. The van der Waals surface area contributed by atoms with Crippen LogP contribution in [0, 0.1) is 6.92 Å². The Kier molecular flexibility index (Phi) is 3.80. The van der Waals surface area contributed by atoms with Crippen LogP contribution in [0.2, 0.25) is 0 Å². The Morgan fingerprint density at radius 1 is 1.47 bits per heavy atom. The molecule has 0 aliphatic heterocycles. The van der Waals surface area contributed by atoms with Crippen LogP contribution in [-0.2, 0) is 11.2 Å². The van der Waals surface area contributed by atoms with Crippen LogP contribution in [0.5, 0.6) is 0 Å². The molecule has 1 N–H and O–H groups in total. The summed E-state index contributed by atoms with van der Waals surface area (Å²) in [6.45, 7) is 4.07. The minimum atomic E-state index is -0.940. The quantitative estimate of drug-likeness (QED) is 0.856. The van der Waals surface area contributed by atoms with Gasteiger partial charge in [-0.1, -0.05) is 13.0 Å². The van der Waals surface area contributed by atoms with E-state index in [0.29, 0.717) is 0 Å². The third-order valence-electron chi connectivity index (χ3n) is 2.93. The maximum absolute atomic E-state index is 10.5. The molecule has 0 saturated heterocycles. The number of rotatable bonds is 4. The molecule has 0 fully saturated rings. The van der Waals surface area contributed by atoms with E-state index in [0.717, 1.165) is 35.1 Å². The van der Waals surface area contributed by atoms with E-state index in [9.17, 15) is 4.79 Å². The van der Waals surface area contributed by atoms with Crippen LogP contribution >= 0.6 is 0 Å². The van der Waals surface area contributed by atoms with Crippen LogP contribution in [0.3, 0.4) is 0 Å². The zero-order chi connectivity index (χ0) is 13.8. The first kappa shape index (κ1) is 13.1. The molecule has 4 nitrogen and oxygen atoms in total. The topological polar surface area (TPSA) is 55.1 Å². The fraction of sp³-hybridized carbons (Fsp3) is 0.200. The van der Waals surface area contributed by atoms with Crippen molar-refractivity contribution in [1.82, 2.24) is 9.55 Å². The van der Waals surface area contributed by atoms with Crippen molar-refractivity contribution in [3.63, 3.8) is 0 Å². The molecule has 0 aliphatic rings. The van der Waals surface area contributed by atoms with Crippen molar-refractivity contribution in [2.24, 2.45) is 0 Å². The molecule has 0 bridgehead atoms. The summed E-state index contributed by atoms with van der Waals surface area (Å²) in [5, 5.41) is 8.62. The Hall–Kier alpha value is -2.36. The highest BCUT2D eigenvalue weighted by atomic mass is 16.4. The molecule has 0 spiro atoms. The number of hydrogen-bond acceptors (Lipinski definition) is 2. The lowest BCUT2D eigenvalue weighted by atomic mass is 10.1. The van der Waals surface area contributed by atoms with Gasteiger partial charge in [0.2, 0.25) is 0 Å². The smallest absolute Gasteiger partial charge is 0.328 e. The highest BCUT2D eigenvalue weighted by Gasteiger charge is 2.05. The molecule has 1 aromatic carbocycles. The molecule has 98 valence electrons. The van der Waals surface area contributed by atoms with Gasteiger partial charge in [-0.25, -0.2) is 9.78 Å². The number of aryl methyl sites for hydroxylation is 2. The number of hydrogen-bond donors (Lipinski definition) is 1. The Labute approximate surface area is 112 Å². The van der Waals surface area contributed by atoms with Gasteiger partial charge < -0.3 is 9.67 Å². The van der Waals surface area contributed by atoms with Crippen LogP contribution < -0.4 is 0 Å². The summed E-state index contributed by atoms with van der Waals surface area (Å²) in [6.07, 6.45) is 7.33. The van der Waals surface area contributed by atoms with Gasteiger partial charge in [0.1, 0.15) is 5.82 Å². The second kappa shape index (κ2) is 5.52. The van der Waals surface area contributed by atoms with Gasteiger partial charge in [-0.2, -0.15) is 0 Å². The minimum absolute atomic E-state index is 0.868. The van der Waals surface area contributed by atoms with Crippen molar-refractivity contribution >= 4 is 12.0 Å². The lowest BCUT2D eigenvalue weighted by Gasteiger charge is -2.10. The lowest BCUT2D eigenvalue weighted by Crippen LogP contribution is -2.01. The predicted octanol–water partition coefficient (Wildman–Crippen LogP) is 2.84. The van der Waals surface area contributed by atoms with Gasteiger partial charge in [0.05, 0.1) is 0 Å². The van der Waals surface area contributed by atoms with Gasteiger partial charge >= 0.3 is 5.97 Å². The molecule has 1 heterocycles. The van der Waals surface area contributed by atoms with E-state index < -0.39 is 5.97 Å². The first-order valence-corrected chi connectivity index (χ1v) is 6.16. The summed E-state index contributed by atoms with van der Waals surface area (Å²) in [5.41, 5.74) is 3.03. The summed E-state index contributed by atoms with van der Waals surface area (Å²) in [7, 11) is 0. The number of carbonyl (C=O) groups is 1. The molecule has 2 aromatic rings. The number of imidazole rings is 1. The number of carboxylic acids is 1. The third kappa shape index (κ3) is 2.91. The molecular weight excluding hydrogens is 240 g/mol. The van der Waals surface area contributed by atoms with Crippen molar-refractivity contribution < 1.29 is 9.90 Å². The molecule has 0 atom stereocenters. The number of nitrogens with zero attached hydrogens (tertiary/aromatic N) is 2. The average Bonchev–Trinajstić information content (AvgIpc) is 2.84. The van der Waals surface area contributed by atoms with Gasteiger partial charge in [-0.3, -0.25) is 0 Å². The van der Waals surface area contributed by atoms with Crippen LogP contribution in [-0.4, -0.2) is 20.6 Å². The molecule has 0 unspecified atom stereocenters. The molecule has 1 aromatic heterocycles. The third-order valence-corrected chi connectivity index (χ3v) is 2.93. The average molecular weight is 256 g/mol. The van der Waals surface area contributed by atoms with Crippen molar-refractivity contribution in [3.05, 3.63) is 53.6 Å². The highest BCUT2D eigenvalue weighted by Crippen LogP contribution is 2.18. The van der Waals surface area contributed by atoms with Crippen LogP contribution in [0.1, 0.15) is 23.9 Å². The second-order valence-electron chi connectivity index (χ2n) is 4.28. The van der Waals surface area contributed by atoms with E-state index in [1.807, 2.05) is 31.3 Å². The minimum Gasteiger partial charge on any atom is -0.478 e. The summed E-state index contributed by atoms with van der Waals surface area (Å²) in [6, 6.07) is 5.85. The van der Waals surface area contributed by atoms with Crippen molar-refractivity contribution in [1.29, 1.82) is 0 Å². The van der Waals surface area contributed by atoms with Crippen LogP contribution in [0.15, 0.2) is 36.7 Å². The molecule has 0 radical (unpaired) electrons. The molecule has 2 rings (SSSR count). The van der Waals surface area contributed by atoms with Gasteiger partial charge in [0, 0.05) is 30.6 Å². The fourth-order valence-corrected chi connectivity index (χ4v) is 2.04. The number of carboxylic acid groups (broad SMARTS) is 1. The number of aliphatic carboxylic acids is 1. The monoisotopic (exact) mass is 256 g/mol. The maximum atomic E-state index is 10.5. The Morgan fingerprint density at radius 3 is 2.89 bits per heavy atom. The summed E-state index contributed by atoms with van der Waals surface area (Å²) in [5.74, 6) is 0.0709. The van der Waals surface area contributed by atoms with Crippen LogP contribution in [0.4, 0.5) is 0 Å². The lowest BCUT2D eigenvalue weighted by molar-refractivity contribution is -0.131. The van der Waals surface area contributed by atoms with Crippen molar-refractivity contribution in [2.45, 2.75) is 20.3 Å². The van der Waals surface area contributed by atoms with Crippen LogP contribution in [0.25, 0.3) is 11.8 Å². The second-order valence-corrected chi connectivity index (χ2v) is 4.28. The zero-order valence-corrected chi connectivity index (χ0v) is 11.0. The first-order valence-electron chi connectivity index (χ1n) is 6.16. The van der Waals surface area contributed by atoms with E-state index in [4.69, 9.17) is 5.11 Å². The predicted molar refractivity (Wildman–Crippen MR) is 74.3 cm³/mol. The molecule has 19 heavy (non-hydrogen) atoms. The fourth-order valence-electron chi connectivity index (χ4n) is 2.04. The molecule has 4 heteroatoms. The van der Waals surface area contributed by atoms with E-state index >= 15 is 0 Å². The Balaban J connectivity index is 2.37. The van der Waals surface area contributed by atoms with Gasteiger partial charge in [0.25, 0.3) is 0 Å². The molecule has 0 aliphatic carbocycles. The van der Waals surface area contributed by atoms with Crippen molar-refractivity contribution in [2.75, 3.05) is 0 Å². The highest BCUT2D eigenvalue weighted by molar-refractivity contribution is 5.85. The largest absolute Gasteiger partial charge is 0.478 e.